The summed E-state index contributed by atoms with van der Waals surface area (Å²) in [5, 5.41) is 1.38. The smallest absolute Gasteiger partial charge is 0.112 e. The summed E-state index contributed by atoms with van der Waals surface area (Å²) < 4.78 is 39.8. The van der Waals surface area contributed by atoms with Crippen molar-refractivity contribution in [3.05, 3.63) is 173 Å². The summed E-state index contributed by atoms with van der Waals surface area (Å²) in [7, 11) is -4.94. The molecule has 234 valence electrons. The monoisotopic (exact) mass is 770 g/mol. The summed E-state index contributed by atoms with van der Waals surface area (Å²) >= 11 is 0.632. The molecule has 0 saturated carbocycles. The van der Waals surface area contributed by atoms with E-state index in [0.29, 0.717) is 29.5 Å². The van der Waals surface area contributed by atoms with Crippen molar-refractivity contribution >= 4 is 59.7 Å². The first-order chi connectivity index (χ1) is 22.8. The van der Waals surface area contributed by atoms with Gasteiger partial charge < -0.3 is 0 Å². The summed E-state index contributed by atoms with van der Waals surface area (Å²) in [5.74, 6) is 0. The van der Waals surface area contributed by atoms with Crippen molar-refractivity contribution in [2.45, 2.75) is 19.3 Å². The molecule has 0 spiro atoms. The van der Waals surface area contributed by atoms with Crippen LogP contribution in [0.5, 0.6) is 0 Å². The minimum atomic E-state index is -4.94. The van der Waals surface area contributed by atoms with Crippen LogP contribution >= 0.6 is 0 Å². The molecule has 7 heteroatoms. The van der Waals surface area contributed by atoms with Crippen LogP contribution in [0.2, 0.25) is 0 Å². The van der Waals surface area contributed by atoms with Gasteiger partial charge in [-0.3, -0.25) is 0 Å². The molecule has 0 amide bonds. The number of hydrogen-bond donors (Lipinski definition) is 0. The molecule has 0 N–H and O–H groups in total. The summed E-state index contributed by atoms with van der Waals surface area (Å²) in [4.78, 5) is 0. The van der Waals surface area contributed by atoms with Gasteiger partial charge in [-0.1, -0.05) is 0 Å². The molecule has 0 bridgehead atoms. The van der Waals surface area contributed by atoms with Gasteiger partial charge in [0, 0.05) is 0 Å². The Morgan fingerprint density at radius 2 is 1.32 bits per heavy atom. The van der Waals surface area contributed by atoms with E-state index in [9.17, 15) is 0 Å². The molecule has 2 heterocycles. The first-order valence-electron chi connectivity index (χ1n) is 15.2. The number of fused-ring (bicyclic) bond motifs is 2. The zero-order chi connectivity index (χ0) is 32.6. The third-order valence-electron chi connectivity index (χ3n) is 7.78. The molecule has 4 nitrogen and oxygen atoms in total. The third-order valence-corrected chi connectivity index (χ3v) is 12.6. The zero-order valence-electron chi connectivity index (χ0n) is 25.4. The molecule has 1 aromatic heterocycles. The topological polar surface area (TPSA) is 92.2 Å². The van der Waals surface area contributed by atoms with E-state index >= 15 is 0 Å². The molecule has 1 aliphatic carbocycles. The minimum absolute atomic E-state index is 0.316. The van der Waals surface area contributed by atoms with Crippen molar-refractivity contribution in [2.24, 2.45) is 0 Å². The van der Waals surface area contributed by atoms with Crippen molar-refractivity contribution in [1.29, 1.82) is 0 Å². The second kappa shape index (κ2) is 15.5. The van der Waals surface area contributed by atoms with Gasteiger partial charge in [-0.15, -0.1) is 10.2 Å². The second-order valence-electron chi connectivity index (χ2n) is 11.0. The second-order valence-corrected chi connectivity index (χ2v) is 16.4. The predicted octanol–water partition coefficient (Wildman–Crippen LogP) is 4.61. The van der Waals surface area contributed by atoms with Crippen LogP contribution in [0, 0.1) is 10.2 Å². The Morgan fingerprint density at radius 3 is 2.09 bits per heavy atom. The van der Waals surface area contributed by atoms with Gasteiger partial charge in [0.1, 0.15) is 0 Å². The van der Waals surface area contributed by atoms with E-state index in [0.717, 1.165) is 12.8 Å². The van der Waals surface area contributed by atoms with Crippen molar-refractivity contribution < 1.29 is 28.9 Å². The fourth-order valence-electron chi connectivity index (χ4n) is 5.62. The van der Waals surface area contributed by atoms with E-state index in [2.05, 4.69) is 152 Å². The molecule has 1 aliphatic heterocycles. The van der Waals surface area contributed by atoms with Crippen LogP contribution in [-0.2, 0) is 0 Å². The maximum absolute atomic E-state index is 8.49. The summed E-state index contributed by atoms with van der Waals surface area (Å²) in [5.41, 5.74) is 9.51. The molecule has 0 unspecified atom stereocenters. The maximum atomic E-state index is 8.49. The molecule has 0 saturated heterocycles. The van der Waals surface area contributed by atoms with Crippen LogP contribution in [0.4, 0.5) is 0 Å². The van der Waals surface area contributed by atoms with Gasteiger partial charge in [-0.2, -0.15) is 0 Å². The van der Waals surface area contributed by atoms with Crippen LogP contribution in [-0.4, -0.2) is 29.5 Å². The summed E-state index contributed by atoms with van der Waals surface area (Å²) in [6, 6.07) is 42.0. The summed E-state index contributed by atoms with van der Waals surface area (Å²) in [6.45, 7) is 0. The standard InChI is InChI=1S/C40H31Se2.ClHO4/c1-3-14-31(15-4-1)39-27-33(35-18-7-9-20-37(35)41-39)24-22-29-12-11-13-30(26-29)23-25-34-28-40(32-16-5-2-6-17-32)42-38-21-10-8-19-36(34)38;2-1(3,4)5/h1-10,14-28H,11-13H2;(H,2,3,4,5)/q+1;/p-1. The number of hydrogen-bond acceptors (Lipinski definition) is 4. The van der Waals surface area contributed by atoms with Gasteiger partial charge in [-0.25, -0.2) is 18.6 Å². The number of halogens is 1. The van der Waals surface area contributed by atoms with E-state index in [1.54, 1.807) is 0 Å². The van der Waals surface area contributed by atoms with Gasteiger partial charge in [0.2, 0.25) is 0 Å². The molecular weight excluding hydrogens is 738 g/mol. The normalized spacial score (nSPS) is 16.4. The van der Waals surface area contributed by atoms with Gasteiger partial charge in [0.05, 0.1) is 0 Å². The first kappa shape index (κ1) is 33.3. The fraction of sp³-hybridized carbons (Fsp3) is 0.0750. The van der Waals surface area contributed by atoms with Crippen LogP contribution < -0.4 is 23.1 Å². The molecule has 5 aromatic rings. The fourth-order valence-corrected chi connectivity index (χ4v) is 10.3. The zero-order valence-corrected chi connectivity index (χ0v) is 29.6. The molecule has 4 aromatic carbocycles. The van der Waals surface area contributed by atoms with Gasteiger partial charge >= 0.3 is 262 Å². The van der Waals surface area contributed by atoms with Crippen molar-refractivity contribution in [3.63, 3.8) is 0 Å². The maximum Gasteiger partial charge on any atom is -0.112 e. The average Bonchev–Trinajstić information content (AvgIpc) is 3.09. The number of benzene rings is 4. The Bertz CT molecular complexity index is 2020. The Hall–Kier alpha value is -3.64. The van der Waals surface area contributed by atoms with E-state index in [4.69, 9.17) is 18.6 Å². The van der Waals surface area contributed by atoms with Crippen LogP contribution in [0.15, 0.2) is 157 Å². The molecule has 7 rings (SSSR count). The molecule has 0 radical (unpaired) electrons. The molecule has 0 atom stereocenters. The first-order valence-corrected chi connectivity index (χ1v) is 19.8. The van der Waals surface area contributed by atoms with E-state index in [1.165, 1.54) is 68.4 Å². The molecule has 47 heavy (non-hydrogen) atoms. The van der Waals surface area contributed by atoms with E-state index in [-0.39, 0.29) is 0 Å². The number of allylic oxidation sites excluding steroid dienone is 8. The Labute approximate surface area is 289 Å². The van der Waals surface area contributed by atoms with Gasteiger partial charge in [0.25, 0.3) is 0 Å². The van der Waals surface area contributed by atoms with Gasteiger partial charge in [0.15, 0.2) is 0 Å². The molecule has 0 fully saturated rings. The predicted molar refractivity (Wildman–Crippen MR) is 184 cm³/mol. The van der Waals surface area contributed by atoms with Crippen LogP contribution in [0.3, 0.4) is 0 Å². The summed E-state index contributed by atoms with van der Waals surface area (Å²) in [6.07, 6.45) is 17.7. The quantitative estimate of drug-likeness (QED) is 0.245. The molecule has 2 aliphatic rings. The number of rotatable bonds is 5. The Kier molecular flexibility index (Phi) is 11.0. The van der Waals surface area contributed by atoms with E-state index in [1.807, 2.05) is 0 Å². The Morgan fingerprint density at radius 1 is 0.660 bits per heavy atom. The third kappa shape index (κ3) is 9.25. The van der Waals surface area contributed by atoms with Crippen molar-refractivity contribution in [1.82, 2.24) is 0 Å². The SMILES string of the molecule is C1=C(/C=C/c2cc(-c3ccccc3)[se+]c3ccccc23)CCC/C1=C\C=C1/C=C(c2ccccc2)[Se]c2ccccc21.[O-][Cl+3]([O-])([O-])[O-]. The largest absolute Gasteiger partial charge is 0.222 e. The van der Waals surface area contributed by atoms with Crippen molar-refractivity contribution in [2.75, 3.05) is 0 Å². The van der Waals surface area contributed by atoms with Crippen molar-refractivity contribution in [3.8, 4) is 10.0 Å². The van der Waals surface area contributed by atoms with Crippen LogP contribution in [0.25, 0.3) is 35.8 Å². The Balaban J connectivity index is 0.000000720. The minimum Gasteiger partial charge on any atom is -0.222 e. The molecular formula is C40H31ClO4Se2. The van der Waals surface area contributed by atoms with Crippen LogP contribution in [0.1, 0.15) is 36.0 Å². The van der Waals surface area contributed by atoms with Gasteiger partial charge in [-0.05, 0) is 0 Å². The van der Waals surface area contributed by atoms with E-state index < -0.39 is 10.2 Å². The average molecular weight is 769 g/mol.